The zero-order chi connectivity index (χ0) is 18.7. The Kier molecular flexibility index (Phi) is 5.24. The lowest BCUT2D eigenvalue weighted by molar-refractivity contribution is -0.115. The number of thiazole rings is 1. The van der Waals surface area contributed by atoms with E-state index in [0.717, 1.165) is 10.2 Å². The standard InChI is InChI=1S/C18H18N2O4S2/c1-20-15-9-8-14(24-2)10-16(15)25-18(20)19-17(21)12-26(22,23)11-13-6-4-3-5-7-13/h3-10H,11-12H2,1-2H3. The molecule has 3 aromatic rings. The van der Waals surface area contributed by atoms with Crippen LogP contribution in [0.3, 0.4) is 0 Å². The summed E-state index contributed by atoms with van der Waals surface area (Å²) in [5.41, 5.74) is 1.55. The minimum Gasteiger partial charge on any atom is -0.497 e. The van der Waals surface area contributed by atoms with Crippen molar-refractivity contribution in [3.63, 3.8) is 0 Å². The largest absolute Gasteiger partial charge is 0.497 e. The zero-order valence-corrected chi connectivity index (χ0v) is 16.0. The number of nitrogens with zero attached hydrogens (tertiary/aromatic N) is 2. The molecule has 0 aliphatic rings. The number of amides is 1. The second-order valence-corrected chi connectivity index (χ2v) is 8.87. The van der Waals surface area contributed by atoms with Gasteiger partial charge in [-0.15, -0.1) is 0 Å². The third-order valence-electron chi connectivity index (χ3n) is 3.81. The minimum absolute atomic E-state index is 0.176. The molecule has 0 aliphatic carbocycles. The first kappa shape index (κ1) is 18.3. The Morgan fingerprint density at radius 2 is 1.92 bits per heavy atom. The summed E-state index contributed by atoms with van der Waals surface area (Å²) in [4.78, 5) is 16.6. The molecule has 0 atom stereocenters. The highest BCUT2D eigenvalue weighted by atomic mass is 32.2. The van der Waals surface area contributed by atoms with Crippen LogP contribution in [0, 0.1) is 0 Å². The second-order valence-electron chi connectivity index (χ2n) is 5.80. The number of hydrogen-bond acceptors (Lipinski definition) is 5. The van der Waals surface area contributed by atoms with Crippen LogP contribution in [0.2, 0.25) is 0 Å². The molecule has 0 saturated carbocycles. The van der Waals surface area contributed by atoms with Crippen LogP contribution >= 0.6 is 11.3 Å². The van der Waals surface area contributed by atoms with Crippen molar-refractivity contribution in [2.75, 3.05) is 12.9 Å². The fourth-order valence-electron chi connectivity index (χ4n) is 2.55. The first-order valence-corrected chi connectivity index (χ1v) is 10.5. The van der Waals surface area contributed by atoms with Gasteiger partial charge >= 0.3 is 0 Å². The quantitative estimate of drug-likeness (QED) is 0.670. The van der Waals surface area contributed by atoms with Crippen LogP contribution < -0.4 is 9.54 Å². The number of fused-ring (bicyclic) bond motifs is 1. The number of rotatable bonds is 5. The molecule has 1 amide bonds. The van der Waals surface area contributed by atoms with E-state index in [2.05, 4.69) is 4.99 Å². The smallest absolute Gasteiger partial charge is 0.263 e. The summed E-state index contributed by atoms with van der Waals surface area (Å²) in [5, 5.41) is 0. The molecular formula is C18H18N2O4S2. The molecule has 0 unspecified atom stereocenters. The normalized spacial score (nSPS) is 12.5. The summed E-state index contributed by atoms with van der Waals surface area (Å²) in [6.45, 7) is 0. The summed E-state index contributed by atoms with van der Waals surface area (Å²) < 4.78 is 32.3. The minimum atomic E-state index is -3.58. The van der Waals surface area contributed by atoms with Crippen molar-refractivity contribution >= 4 is 37.3 Å². The summed E-state index contributed by atoms with van der Waals surface area (Å²) in [7, 11) is -0.203. The number of aryl methyl sites for hydroxylation is 1. The van der Waals surface area contributed by atoms with E-state index in [0.29, 0.717) is 16.1 Å². The molecule has 1 heterocycles. The Balaban J connectivity index is 1.84. The van der Waals surface area contributed by atoms with Crippen molar-refractivity contribution in [1.82, 2.24) is 4.57 Å². The van der Waals surface area contributed by atoms with Crippen molar-refractivity contribution in [2.45, 2.75) is 5.75 Å². The van der Waals surface area contributed by atoms with Crippen LogP contribution in [0.5, 0.6) is 5.75 Å². The number of ether oxygens (including phenoxy) is 1. The predicted octanol–water partition coefficient (Wildman–Crippen LogP) is 2.29. The molecular weight excluding hydrogens is 372 g/mol. The average Bonchev–Trinajstić information content (AvgIpc) is 2.89. The first-order chi connectivity index (χ1) is 12.4. The third kappa shape index (κ3) is 4.20. The van der Waals surface area contributed by atoms with Crippen molar-refractivity contribution < 1.29 is 17.9 Å². The number of carbonyl (C=O) groups excluding carboxylic acids is 1. The molecule has 0 aliphatic heterocycles. The van der Waals surface area contributed by atoms with Gasteiger partial charge in [0, 0.05) is 7.05 Å². The van der Waals surface area contributed by atoms with Gasteiger partial charge in [-0.2, -0.15) is 4.99 Å². The van der Waals surface area contributed by atoms with E-state index in [-0.39, 0.29) is 5.75 Å². The van der Waals surface area contributed by atoms with Gasteiger partial charge in [-0.1, -0.05) is 41.7 Å². The maximum atomic E-state index is 12.2. The van der Waals surface area contributed by atoms with Gasteiger partial charge in [0.2, 0.25) is 0 Å². The van der Waals surface area contributed by atoms with Gasteiger partial charge in [0.25, 0.3) is 5.91 Å². The molecule has 0 bridgehead atoms. The van der Waals surface area contributed by atoms with Crippen LogP contribution in [0.15, 0.2) is 53.5 Å². The van der Waals surface area contributed by atoms with Crippen LogP contribution in [0.4, 0.5) is 0 Å². The summed E-state index contributed by atoms with van der Waals surface area (Å²) in [6.07, 6.45) is 0. The van der Waals surface area contributed by atoms with E-state index in [1.165, 1.54) is 11.3 Å². The van der Waals surface area contributed by atoms with Crippen molar-refractivity contribution in [2.24, 2.45) is 12.0 Å². The molecule has 0 fully saturated rings. The molecule has 136 valence electrons. The summed E-state index contributed by atoms with van der Waals surface area (Å²) >= 11 is 1.31. The van der Waals surface area contributed by atoms with Crippen LogP contribution in [0.25, 0.3) is 10.2 Å². The van der Waals surface area contributed by atoms with Crippen molar-refractivity contribution in [3.8, 4) is 5.75 Å². The highest BCUT2D eigenvalue weighted by Gasteiger charge is 2.17. The fraction of sp³-hybridized carbons (Fsp3) is 0.222. The Hall–Kier alpha value is -2.45. The van der Waals surface area contributed by atoms with Gasteiger partial charge < -0.3 is 9.30 Å². The van der Waals surface area contributed by atoms with Gasteiger partial charge in [0.15, 0.2) is 14.6 Å². The Morgan fingerprint density at radius 1 is 1.19 bits per heavy atom. The first-order valence-electron chi connectivity index (χ1n) is 7.83. The fourth-order valence-corrected chi connectivity index (χ4v) is 4.86. The van der Waals surface area contributed by atoms with E-state index in [1.807, 2.05) is 24.3 Å². The van der Waals surface area contributed by atoms with Crippen LogP contribution in [-0.2, 0) is 27.4 Å². The van der Waals surface area contributed by atoms with Crippen molar-refractivity contribution in [1.29, 1.82) is 0 Å². The molecule has 3 rings (SSSR count). The molecule has 0 N–H and O–H groups in total. The molecule has 8 heteroatoms. The summed E-state index contributed by atoms with van der Waals surface area (Å²) in [5.74, 6) is -0.748. The molecule has 0 saturated heterocycles. The van der Waals surface area contributed by atoms with E-state index in [9.17, 15) is 13.2 Å². The van der Waals surface area contributed by atoms with E-state index in [1.54, 1.807) is 43.0 Å². The van der Waals surface area contributed by atoms with Crippen molar-refractivity contribution in [3.05, 3.63) is 58.9 Å². The van der Waals surface area contributed by atoms with Crippen LogP contribution in [0.1, 0.15) is 5.56 Å². The molecule has 2 aromatic carbocycles. The maximum absolute atomic E-state index is 12.2. The number of methoxy groups -OCH3 is 1. The lowest BCUT2D eigenvalue weighted by atomic mass is 10.2. The Bertz CT molecular complexity index is 1110. The number of aromatic nitrogens is 1. The monoisotopic (exact) mass is 390 g/mol. The molecule has 1 aromatic heterocycles. The number of benzene rings is 2. The van der Waals surface area contributed by atoms with Gasteiger partial charge in [-0.3, -0.25) is 4.79 Å². The van der Waals surface area contributed by atoms with Gasteiger partial charge in [-0.25, -0.2) is 8.42 Å². The molecule has 0 spiro atoms. The van der Waals surface area contributed by atoms with Gasteiger partial charge in [-0.05, 0) is 23.8 Å². The Labute approximate surface area is 155 Å². The second kappa shape index (κ2) is 7.43. The highest BCUT2D eigenvalue weighted by molar-refractivity contribution is 7.91. The Morgan fingerprint density at radius 3 is 2.62 bits per heavy atom. The predicted molar refractivity (Wildman–Crippen MR) is 102 cm³/mol. The molecule has 0 radical (unpaired) electrons. The lowest BCUT2D eigenvalue weighted by Gasteiger charge is -2.02. The maximum Gasteiger partial charge on any atom is 0.263 e. The summed E-state index contributed by atoms with van der Waals surface area (Å²) in [6, 6.07) is 14.3. The third-order valence-corrected chi connectivity index (χ3v) is 6.36. The zero-order valence-electron chi connectivity index (χ0n) is 14.4. The van der Waals surface area contributed by atoms with E-state index >= 15 is 0 Å². The number of hydrogen-bond donors (Lipinski definition) is 0. The number of sulfone groups is 1. The number of carbonyl (C=O) groups is 1. The van der Waals surface area contributed by atoms with Gasteiger partial charge in [0.1, 0.15) is 11.5 Å². The average molecular weight is 390 g/mol. The molecule has 6 nitrogen and oxygen atoms in total. The van der Waals surface area contributed by atoms with Gasteiger partial charge in [0.05, 0.1) is 23.1 Å². The lowest BCUT2D eigenvalue weighted by Crippen LogP contribution is -2.20. The molecule has 26 heavy (non-hydrogen) atoms. The van der Waals surface area contributed by atoms with Crippen LogP contribution in [-0.4, -0.2) is 31.8 Å². The van der Waals surface area contributed by atoms with E-state index < -0.39 is 21.5 Å². The SMILES string of the molecule is COc1ccc2c(c1)sc(=NC(=O)CS(=O)(=O)Cc1ccccc1)n2C. The topological polar surface area (TPSA) is 77.7 Å². The van der Waals surface area contributed by atoms with E-state index in [4.69, 9.17) is 4.74 Å². The highest BCUT2D eigenvalue weighted by Crippen LogP contribution is 2.22.